The highest BCUT2D eigenvalue weighted by Gasteiger charge is 2.15. The highest BCUT2D eigenvalue weighted by atomic mass is 15.2. The van der Waals surface area contributed by atoms with Crippen LogP contribution < -0.4 is 16.0 Å². The molecule has 1 aliphatic heterocycles. The van der Waals surface area contributed by atoms with Gasteiger partial charge in [-0.25, -0.2) is 4.98 Å². The lowest BCUT2D eigenvalue weighted by Gasteiger charge is -2.30. The lowest BCUT2D eigenvalue weighted by Crippen LogP contribution is -2.41. The van der Waals surface area contributed by atoms with Gasteiger partial charge in [-0.2, -0.15) is 0 Å². The molecule has 1 aliphatic rings. The summed E-state index contributed by atoms with van der Waals surface area (Å²) < 4.78 is 0. The fourth-order valence-electron chi connectivity index (χ4n) is 1.86. The smallest absolute Gasteiger partial charge is 0.133 e. The average molecular weight is 218 g/mol. The third-order valence-corrected chi connectivity index (χ3v) is 2.69. The Morgan fingerprint density at radius 3 is 3.12 bits per heavy atom. The number of nitrogens with one attached hydrogen (secondary N) is 1. The van der Waals surface area contributed by atoms with E-state index in [1.165, 1.54) is 0 Å². The van der Waals surface area contributed by atoms with E-state index in [0.717, 1.165) is 43.3 Å². The van der Waals surface area contributed by atoms with Crippen molar-refractivity contribution in [3.8, 4) is 0 Å². The highest BCUT2D eigenvalue weighted by Crippen LogP contribution is 2.17. The number of hydrogen-bond acceptors (Lipinski definition) is 4. The van der Waals surface area contributed by atoms with Crippen molar-refractivity contribution in [2.45, 2.75) is 6.42 Å². The van der Waals surface area contributed by atoms with Crippen molar-refractivity contribution < 1.29 is 0 Å². The summed E-state index contributed by atoms with van der Waals surface area (Å²) in [5.41, 5.74) is 7.66. The summed E-state index contributed by atoms with van der Waals surface area (Å²) in [7, 11) is 0. The minimum absolute atomic E-state index is 0.638. The molecule has 0 radical (unpaired) electrons. The van der Waals surface area contributed by atoms with Gasteiger partial charge in [0.2, 0.25) is 0 Å². The van der Waals surface area contributed by atoms with E-state index in [0.29, 0.717) is 6.54 Å². The zero-order valence-electron chi connectivity index (χ0n) is 9.45. The minimum Gasteiger partial charge on any atom is -0.330 e. The molecule has 0 aliphatic carbocycles. The number of piperazine rings is 1. The lowest BCUT2D eigenvalue weighted by atomic mass is 10.2. The first-order valence-electron chi connectivity index (χ1n) is 5.63. The van der Waals surface area contributed by atoms with Crippen LogP contribution in [0.4, 0.5) is 5.82 Å². The van der Waals surface area contributed by atoms with E-state index in [-0.39, 0.29) is 0 Å². The van der Waals surface area contributed by atoms with Gasteiger partial charge in [-0.15, -0.1) is 0 Å². The van der Waals surface area contributed by atoms with Crippen LogP contribution in [-0.2, 0) is 6.42 Å². The molecule has 0 aromatic carbocycles. The van der Waals surface area contributed by atoms with Crippen molar-refractivity contribution in [3.63, 3.8) is 0 Å². The quantitative estimate of drug-likeness (QED) is 0.776. The first-order chi connectivity index (χ1) is 7.81. The van der Waals surface area contributed by atoms with Crippen molar-refractivity contribution in [3.05, 3.63) is 36.2 Å². The number of aromatic nitrogens is 1. The van der Waals surface area contributed by atoms with Crippen LogP contribution in [0.15, 0.2) is 30.5 Å². The molecule has 0 atom stereocenters. The Bertz CT molecular complexity index is 375. The second kappa shape index (κ2) is 5.09. The molecule has 3 N–H and O–H groups in total. The third kappa shape index (κ3) is 2.40. The van der Waals surface area contributed by atoms with Gasteiger partial charge in [0, 0.05) is 37.4 Å². The molecule has 2 rings (SSSR count). The predicted octanol–water partition coefficient (Wildman–Crippen LogP) is 0.506. The van der Waals surface area contributed by atoms with Crippen LogP contribution >= 0.6 is 0 Å². The van der Waals surface area contributed by atoms with Gasteiger partial charge in [0.1, 0.15) is 5.82 Å². The van der Waals surface area contributed by atoms with Crippen molar-refractivity contribution in [1.29, 1.82) is 0 Å². The molecule has 1 saturated heterocycles. The molecule has 2 heterocycles. The SMILES string of the molecule is C=C1CNCCN1c1cccc(CCN)n1. The summed E-state index contributed by atoms with van der Waals surface area (Å²) in [5, 5.41) is 3.29. The number of rotatable bonds is 3. The van der Waals surface area contributed by atoms with Crippen LogP contribution in [-0.4, -0.2) is 31.2 Å². The zero-order valence-corrected chi connectivity index (χ0v) is 9.45. The molecule has 0 spiro atoms. The Balaban J connectivity index is 2.18. The van der Waals surface area contributed by atoms with Crippen molar-refractivity contribution >= 4 is 5.82 Å². The number of nitrogens with zero attached hydrogens (tertiary/aromatic N) is 2. The van der Waals surface area contributed by atoms with Gasteiger partial charge in [0.05, 0.1) is 0 Å². The van der Waals surface area contributed by atoms with Crippen LogP contribution in [0.3, 0.4) is 0 Å². The van der Waals surface area contributed by atoms with E-state index >= 15 is 0 Å². The van der Waals surface area contributed by atoms with Gasteiger partial charge < -0.3 is 16.0 Å². The fourth-order valence-corrected chi connectivity index (χ4v) is 1.86. The number of nitrogens with two attached hydrogens (primary N) is 1. The second-order valence-electron chi connectivity index (χ2n) is 3.92. The van der Waals surface area contributed by atoms with E-state index in [2.05, 4.69) is 21.8 Å². The topological polar surface area (TPSA) is 54.2 Å². The van der Waals surface area contributed by atoms with E-state index in [9.17, 15) is 0 Å². The van der Waals surface area contributed by atoms with E-state index in [1.807, 2.05) is 18.2 Å². The Labute approximate surface area is 96.2 Å². The summed E-state index contributed by atoms with van der Waals surface area (Å²) >= 11 is 0. The highest BCUT2D eigenvalue weighted by molar-refractivity contribution is 5.47. The predicted molar refractivity (Wildman–Crippen MR) is 66.4 cm³/mol. The number of anilines is 1. The lowest BCUT2D eigenvalue weighted by molar-refractivity contribution is 0.643. The van der Waals surface area contributed by atoms with E-state index in [4.69, 9.17) is 5.73 Å². The van der Waals surface area contributed by atoms with E-state index in [1.54, 1.807) is 0 Å². The summed E-state index contributed by atoms with van der Waals surface area (Å²) in [6.07, 6.45) is 0.826. The molecule has 4 nitrogen and oxygen atoms in total. The van der Waals surface area contributed by atoms with Crippen molar-refractivity contribution in [2.75, 3.05) is 31.1 Å². The maximum Gasteiger partial charge on any atom is 0.133 e. The summed E-state index contributed by atoms with van der Waals surface area (Å²) in [5.74, 6) is 0.984. The van der Waals surface area contributed by atoms with Gasteiger partial charge in [0.25, 0.3) is 0 Å². The molecular weight excluding hydrogens is 200 g/mol. The van der Waals surface area contributed by atoms with Crippen LogP contribution in [0.2, 0.25) is 0 Å². The number of hydrogen-bond donors (Lipinski definition) is 2. The number of pyridine rings is 1. The summed E-state index contributed by atoms with van der Waals surface area (Å²) in [6, 6.07) is 6.07. The van der Waals surface area contributed by atoms with Crippen LogP contribution in [0, 0.1) is 0 Å². The largest absolute Gasteiger partial charge is 0.330 e. The molecule has 0 amide bonds. The minimum atomic E-state index is 0.638. The Morgan fingerprint density at radius 1 is 1.50 bits per heavy atom. The summed E-state index contributed by atoms with van der Waals surface area (Å²) in [4.78, 5) is 6.76. The molecule has 16 heavy (non-hydrogen) atoms. The van der Waals surface area contributed by atoms with Crippen LogP contribution in [0.5, 0.6) is 0 Å². The third-order valence-electron chi connectivity index (χ3n) is 2.69. The molecule has 1 fully saturated rings. The first kappa shape index (κ1) is 11.1. The molecule has 1 aromatic heterocycles. The van der Waals surface area contributed by atoms with E-state index < -0.39 is 0 Å². The molecule has 0 bridgehead atoms. The monoisotopic (exact) mass is 218 g/mol. The normalized spacial score (nSPS) is 16.6. The summed E-state index contributed by atoms with van der Waals surface area (Å²) in [6.45, 7) is 7.42. The molecule has 0 unspecified atom stereocenters. The fraction of sp³-hybridized carbons (Fsp3) is 0.417. The van der Waals surface area contributed by atoms with Gasteiger partial charge >= 0.3 is 0 Å². The standard InChI is InChI=1S/C12H18N4/c1-10-9-14-7-8-16(10)12-4-2-3-11(15-12)5-6-13/h2-4,14H,1,5-9,13H2. The maximum atomic E-state index is 5.54. The van der Waals surface area contributed by atoms with Gasteiger partial charge in [-0.3, -0.25) is 0 Å². The van der Waals surface area contributed by atoms with Gasteiger partial charge in [0.15, 0.2) is 0 Å². The zero-order chi connectivity index (χ0) is 11.4. The molecular formula is C12H18N4. The van der Waals surface area contributed by atoms with Crippen molar-refractivity contribution in [1.82, 2.24) is 10.3 Å². The van der Waals surface area contributed by atoms with Crippen LogP contribution in [0.1, 0.15) is 5.69 Å². The molecule has 4 heteroatoms. The first-order valence-corrected chi connectivity index (χ1v) is 5.63. The van der Waals surface area contributed by atoms with Crippen molar-refractivity contribution in [2.24, 2.45) is 5.73 Å². The molecule has 1 aromatic rings. The second-order valence-corrected chi connectivity index (χ2v) is 3.92. The Morgan fingerprint density at radius 2 is 2.38 bits per heavy atom. The Hall–Kier alpha value is -1.39. The average Bonchev–Trinajstić information content (AvgIpc) is 2.30. The van der Waals surface area contributed by atoms with Gasteiger partial charge in [-0.05, 0) is 18.7 Å². The Kier molecular flexibility index (Phi) is 3.54. The van der Waals surface area contributed by atoms with Gasteiger partial charge in [-0.1, -0.05) is 12.6 Å². The molecule has 86 valence electrons. The maximum absolute atomic E-state index is 5.54. The molecule has 0 saturated carbocycles. The van der Waals surface area contributed by atoms with Crippen LogP contribution in [0.25, 0.3) is 0 Å².